The summed E-state index contributed by atoms with van der Waals surface area (Å²) >= 11 is 0. The molecule has 0 aromatic heterocycles. The number of aliphatic hydroxyl groups is 1. The number of hydrogen-bond donors (Lipinski definition) is 2. The van der Waals surface area contributed by atoms with E-state index in [1.807, 2.05) is 12.1 Å². The third kappa shape index (κ3) is 10.4. The normalized spacial score (nSPS) is 22.6. The number of sulfonamides is 1. The quantitative estimate of drug-likeness (QED) is 0.0942. The van der Waals surface area contributed by atoms with Crippen LogP contribution in [0.4, 0.5) is 9.59 Å². The third-order valence-electron chi connectivity index (χ3n) is 13.0. The Morgan fingerprint density at radius 1 is 0.821 bits per heavy atom. The van der Waals surface area contributed by atoms with E-state index in [1.54, 1.807) is 48.5 Å². The lowest BCUT2D eigenvalue weighted by molar-refractivity contribution is -0.140. The molecule has 5 rings (SSSR count). The van der Waals surface area contributed by atoms with E-state index in [-0.39, 0.29) is 36.7 Å². The Hall–Kier alpha value is -3.64. The van der Waals surface area contributed by atoms with E-state index in [0.717, 1.165) is 36.4 Å². The lowest BCUT2D eigenvalue weighted by Crippen LogP contribution is -2.63. The Kier molecular flexibility index (Phi) is 15.7. The van der Waals surface area contributed by atoms with Crippen molar-refractivity contribution in [3.05, 3.63) is 71.8 Å². The van der Waals surface area contributed by atoms with Gasteiger partial charge in [-0.05, 0) is 48.1 Å². The second-order valence-corrected chi connectivity index (χ2v) is 18.7. The van der Waals surface area contributed by atoms with Gasteiger partial charge >= 0.3 is 12.2 Å². The van der Waals surface area contributed by atoms with Crippen LogP contribution in [0.2, 0.25) is 0 Å². The van der Waals surface area contributed by atoms with E-state index in [1.165, 1.54) is 51.4 Å². The summed E-state index contributed by atoms with van der Waals surface area (Å²) in [4.78, 5) is 42.2. The SMILES string of the molecule is CCCCCCCCCCCCCCC[C@@H](O)[C@@H](C(=O)N1[C@@H]2CC3CCC2(CS1(=O)=O)C3(C)C)N(NC(=O)OCc1ccccc1)C(=O)OCc1ccccc1. The van der Waals surface area contributed by atoms with Crippen LogP contribution in [0.5, 0.6) is 0 Å². The second kappa shape index (κ2) is 20.2. The second-order valence-electron chi connectivity index (χ2n) is 16.9. The summed E-state index contributed by atoms with van der Waals surface area (Å²) < 4.78 is 40.1. The van der Waals surface area contributed by atoms with E-state index in [9.17, 15) is 27.9 Å². The van der Waals surface area contributed by atoms with Crippen molar-refractivity contribution < 1.29 is 37.4 Å². The summed E-state index contributed by atoms with van der Waals surface area (Å²) in [7, 11) is -4.13. The van der Waals surface area contributed by atoms with E-state index in [0.29, 0.717) is 35.4 Å². The van der Waals surface area contributed by atoms with Crippen molar-refractivity contribution in [1.82, 2.24) is 14.7 Å². The molecule has 2 aromatic rings. The predicted molar refractivity (Wildman–Crippen MR) is 216 cm³/mol. The van der Waals surface area contributed by atoms with Crippen LogP contribution in [0.25, 0.3) is 0 Å². The van der Waals surface area contributed by atoms with Crippen molar-refractivity contribution in [2.75, 3.05) is 5.75 Å². The monoisotopic (exact) mass is 795 g/mol. The van der Waals surface area contributed by atoms with Crippen molar-refractivity contribution in [3.8, 4) is 0 Å². The molecule has 3 aliphatic rings. The van der Waals surface area contributed by atoms with Crippen LogP contribution < -0.4 is 5.43 Å². The smallest absolute Gasteiger partial charge is 0.429 e. The highest BCUT2D eigenvalue weighted by molar-refractivity contribution is 7.90. The molecule has 2 N–H and O–H groups in total. The van der Waals surface area contributed by atoms with Crippen LogP contribution >= 0.6 is 0 Å². The number of carbonyl (C=O) groups is 3. The molecule has 2 aromatic carbocycles. The maximum Gasteiger partial charge on any atom is 0.429 e. The molecule has 0 radical (unpaired) electrons. The minimum absolute atomic E-state index is 0.106. The molecular formula is C44H65N3O8S. The summed E-state index contributed by atoms with van der Waals surface area (Å²) in [6.07, 6.45) is 13.2. The molecule has 1 aliphatic heterocycles. The number of fused-ring (bicyclic) bond motifs is 1. The number of aliphatic hydroxyl groups excluding tert-OH is 1. The first kappa shape index (κ1) is 43.5. The Labute approximate surface area is 334 Å². The molecule has 1 heterocycles. The van der Waals surface area contributed by atoms with Gasteiger partial charge in [-0.2, -0.15) is 0 Å². The highest BCUT2D eigenvalue weighted by atomic mass is 32.2. The summed E-state index contributed by atoms with van der Waals surface area (Å²) in [5.74, 6) is -0.880. The van der Waals surface area contributed by atoms with Crippen LogP contribution in [0.15, 0.2) is 60.7 Å². The van der Waals surface area contributed by atoms with E-state index in [4.69, 9.17) is 9.47 Å². The Bertz CT molecular complexity index is 1670. The highest BCUT2D eigenvalue weighted by Crippen LogP contribution is 2.70. The number of nitrogens with one attached hydrogen (secondary N) is 1. The van der Waals surface area contributed by atoms with Gasteiger partial charge < -0.3 is 14.6 Å². The zero-order chi connectivity index (χ0) is 40.2. The zero-order valence-electron chi connectivity index (χ0n) is 33.8. The van der Waals surface area contributed by atoms with Gasteiger partial charge in [0.15, 0.2) is 6.04 Å². The summed E-state index contributed by atoms with van der Waals surface area (Å²) in [6, 6.07) is 15.5. The lowest BCUT2D eigenvalue weighted by atomic mass is 9.69. The van der Waals surface area contributed by atoms with Gasteiger partial charge in [0.1, 0.15) is 13.2 Å². The number of hydrazine groups is 1. The highest BCUT2D eigenvalue weighted by Gasteiger charge is 2.72. The molecular weight excluding hydrogens is 731 g/mol. The first-order chi connectivity index (χ1) is 26.9. The Morgan fingerprint density at radius 3 is 1.88 bits per heavy atom. The number of rotatable bonds is 21. The third-order valence-corrected chi connectivity index (χ3v) is 14.9. The Balaban J connectivity index is 1.31. The molecule has 12 heteroatoms. The number of benzene rings is 2. The van der Waals surface area contributed by atoms with Crippen LogP contribution in [-0.2, 0) is 37.5 Å². The van der Waals surface area contributed by atoms with Gasteiger partial charge in [0.25, 0.3) is 5.91 Å². The lowest BCUT2D eigenvalue weighted by Gasteiger charge is -2.39. The fraction of sp³-hybridized carbons (Fsp3) is 0.659. The molecule has 5 atom stereocenters. The number of nitrogens with zero attached hydrogens (tertiary/aromatic N) is 2. The van der Waals surface area contributed by atoms with Crippen molar-refractivity contribution in [3.63, 3.8) is 0 Å². The van der Waals surface area contributed by atoms with E-state index >= 15 is 0 Å². The molecule has 3 fully saturated rings. The Morgan fingerprint density at radius 2 is 1.34 bits per heavy atom. The first-order valence-corrected chi connectivity index (χ1v) is 22.7. The van der Waals surface area contributed by atoms with Crippen molar-refractivity contribution in [2.24, 2.45) is 16.7 Å². The topological polar surface area (TPSA) is 143 Å². The zero-order valence-corrected chi connectivity index (χ0v) is 34.6. The molecule has 56 heavy (non-hydrogen) atoms. The average Bonchev–Trinajstić information content (AvgIpc) is 3.67. The van der Waals surface area contributed by atoms with Crippen LogP contribution in [0.3, 0.4) is 0 Å². The van der Waals surface area contributed by atoms with Gasteiger partial charge in [0, 0.05) is 5.41 Å². The van der Waals surface area contributed by atoms with Crippen LogP contribution in [0.1, 0.15) is 141 Å². The molecule has 2 bridgehead atoms. The maximum atomic E-state index is 14.9. The summed E-state index contributed by atoms with van der Waals surface area (Å²) in [5, 5.41) is 12.6. The number of amides is 3. The van der Waals surface area contributed by atoms with Gasteiger partial charge in [-0.25, -0.2) is 32.7 Å². The van der Waals surface area contributed by atoms with Crippen molar-refractivity contribution >= 4 is 28.1 Å². The molecule has 2 aliphatic carbocycles. The number of hydrogen-bond acceptors (Lipinski definition) is 8. The predicted octanol–water partition coefficient (Wildman–Crippen LogP) is 9.04. The number of carbonyl (C=O) groups excluding carboxylic acids is 3. The average molecular weight is 796 g/mol. The van der Waals surface area contributed by atoms with E-state index in [2.05, 4.69) is 26.2 Å². The molecule has 11 nitrogen and oxygen atoms in total. The molecule has 1 saturated heterocycles. The van der Waals surface area contributed by atoms with Crippen LogP contribution in [-0.4, -0.2) is 64.9 Å². The minimum Gasteiger partial charge on any atom is -0.443 e. The molecule has 2 unspecified atom stereocenters. The van der Waals surface area contributed by atoms with Gasteiger partial charge in [-0.15, -0.1) is 0 Å². The van der Waals surface area contributed by atoms with Crippen molar-refractivity contribution in [2.45, 2.75) is 161 Å². The van der Waals surface area contributed by atoms with Gasteiger partial charge in [-0.1, -0.05) is 165 Å². The standard InChI is InChI=1S/C44H65N3O8S/c1-4-5-6-7-8-9-10-11-12-13-14-15-22-27-37(48)39(40(49)47-38-30-36-28-29-44(38,43(36,2)3)33-56(47,52)53)46(42(51)55-32-35-25-20-17-21-26-35)45-41(50)54-31-34-23-18-16-19-24-34/h16-21,23-26,36-39,48H,4-15,22,27-33H2,1-3H3,(H,45,50)/t36?,37-,38-,39+,44?/m1/s1. The summed E-state index contributed by atoms with van der Waals surface area (Å²) in [5.41, 5.74) is 2.81. The van der Waals surface area contributed by atoms with Crippen LogP contribution in [0, 0.1) is 16.7 Å². The number of ether oxygens (including phenoxy) is 2. The fourth-order valence-corrected chi connectivity index (χ4v) is 12.1. The van der Waals surface area contributed by atoms with Crippen molar-refractivity contribution in [1.29, 1.82) is 0 Å². The first-order valence-electron chi connectivity index (χ1n) is 21.1. The molecule has 310 valence electrons. The maximum absolute atomic E-state index is 14.9. The van der Waals surface area contributed by atoms with E-state index < -0.39 is 51.7 Å². The largest absolute Gasteiger partial charge is 0.443 e. The van der Waals surface area contributed by atoms with Gasteiger partial charge in [0.2, 0.25) is 10.0 Å². The molecule has 3 amide bonds. The molecule has 2 saturated carbocycles. The van der Waals surface area contributed by atoms with Gasteiger partial charge in [0.05, 0.1) is 17.9 Å². The summed E-state index contributed by atoms with van der Waals surface area (Å²) in [6.45, 7) is 6.10. The van der Waals surface area contributed by atoms with Gasteiger partial charge in [-0.3, -0.25) is 4.79 Å². The minimum atomic E-state index is -4.13. The number of unbranched alkanes of at least 4 members (excludes halogenated alkanes) is 12. The molecule has 1 spiro atoms. The fourth-order valence-electron chi connectivity index (χ4n) is 9.56.